The van der Waals surface area contributed by atoms with Crippen LogP contribution in [0.1, 0.15) is 45.2 Å². The maximum atomic E-state index is 11.8. The fourth-order valence-corrected chi connectivity index (χ4v) is 2.03. The number of benzene rings is 1. The molecule has 0 bridgehead atoms. The topological polar surface area (TPSA) is 34.9 Å². The Bertz CT molecular complexity index is 597. The lowest BCUT2D eigenvalue weighted by Gasteiger charge is -2.14. The van der Waals surface area contributed by atoms with Crippen molar-refractivity contribution in [2.24, 2.45) is 0 Å². The van der Waals surface area contributed by atoms with Crippen LogP contribution >= 0.6 is 0 Å². The van der Waals surface area contributed by atoms with Crippen molar-refractivity contribution >= 4 is 10.9 Å². The van der Waals surface area contributed by atoms with Gasteiger partial charge in [0.2, 0.25) is 0 Å². The fourth-order valence-electron chi connectivity index (χ4n) is 2.03. The molecular weight excluding hydrogens is 212 g/mol. The van der Waals surface area contributed by atoms with E-state index in [4.69, 9.17) is 0 Å². The zero-order valence-corrected chi connectivity index (χ0v) is 10.8. The number of fused-ring (bicyclic) bond motifs is 1. The van der Waals surface area contributed by atoms with E-state index in [1.807, 2.05) is 19.9 Å². The van der Waals surface area contributed by atoms with Gasteiger partial charge in [0, 0.05) is 17.6 Å². The molecule has 1 aromatic heterocycles. The first kappa shape index (κ1) is 11.8. The van der Waals surface area contributed by atoms with Crippen LogP contribution in [-0.2, 0) is 0 Å². The monoisotopic (exact) mass is 230 g/mol. The maximum Gasteiger partial charge on any atom is 0.348 e. The summed E-state index contributed by atoms with van der Waals surface area (Å²) in [6.45, 7) is 8.31. The molecule has 3 nitrogen and oxygen atoms in total. The van der Waals surface area contributed by atoms with Gasteiger partial charge in [-0.05, 0) is 31.4 Å². The lowest BCUT2D eigenvalue weighted by atomic mass is 10.0. The molecule has 3 heteroatoms. The zero-order chi connectivity index (χ0) is 12.6. The van der Waals surface area contributed by atoms with E-state index in [0.717, 1.165) is 10.9 Å². The average Bonchev–Trinajstić information content (AvgIpc) is 2.27. The summed E-state index contributed by atoms with van der Waals surface area (Å²) in [4.78, 5) is 15.7. The van der Waals surface area contributed by atoms with Crippen molar-refractivity contribution in [1.29, 1.82) is 0 Å². The second kappa shape index (κ2) is 4.32. The van der Waals surface area contributed by atoms with E-state index in [2.05, 4.69) is 31.0 Å². The summed E-state index contributed by atoms with van der Waals surface area (Å²) in [6, 6.07) is 6.37. The predicted octanol–water partition coefficient (Wildman–Crippen LogP) is 3.10. The zero-order valence-electron chi connectivity index (χ0n) is 10.8. The van der Waals surface area contributed by atoms with E-state index >= 15 is 0 Å². The van der Waals surface area contributed by atoms with Gasteiger partial charge in [-0.15, -0.1) is 0 Å². The summed E-state index contributed by atoms with van der Waals surface area (Å²) < 4.78 is 1.75. The number of rotatable bonds is 2. The highest BCUT2D eigenvalue weighted by atomic mass is 16.1. The van der Waals surface area contributed by atoms with Crippen LogP contribution in [0.3, 0.4) is 0 Å². The summed E-state index contributed by atoms with van der Waals surface area (Å²) >= 11 is 0. The van der Waals surface area contributed by atoms with Gasteiger partial charge in [0.15, 0.2) is 0 Å². The van der Waals surface area contributed by atoms with E-state index in [1.165, 1.54) is 5.56 Å². The van der Waals surface area contributed by atoms with Crippen LogP contribution in [0.15, 0.2) is 29.2 Å². The van der Waals surface area contributed by atoms with Gasteiger partial charge in [0.05, 0.1) is 5.52 Å². The van der Waals surface area contributed by atoms with Crippen LogP contribution in [0.5, 0.6) is 0 Å². The third kappa shape index (κ3) is 2.09. The highest BCUT2D eigenvalue weighted by molar-refractivity contribution is 5.79. The van der Waals surface area contributed by atoms with E-state index in [9.17, 15) is 4.79 Å². The summed E-state index contributed by atoms with van der Waals surface area (Å²) in [5, 5.41) is 1.02. The lowest BCUT2D eigenvalue weighted by molar-refractivity contribution is 0.586. The van der Waals surface area contributed by atoms with Crippen molar-refractivity contribution in [2.75, 3.05) is 0 Å². The first-order valence-electron chi connectivity index (χ1n) is 6.02. The van der Waals surface area contributed by atoms with Crippen molar-refractivity contribution in [2.45, 2.75) is 39.7 Å². The van der Waals surface area contributed by atoms with Crippen LogP contribution in [0.4, 0.5) is 0 Å². The largest absolute Gasteiger partial charge is 0.348 e. The average molecular weight is 230 g/mol. The Labute approximate surface area is 101 Å². The Balaban J connectivity index is 2.81. The number of hydrogen-bond donors (Lipinski definition) is 0. The highest BCUT2D eigenvalue weighted by Gasteiger charge is 2.09. The summed E-state index contributed by atoms with van der Waals surface area (Å²) in [5.74, 6) is 0.461. The Kier molecular flexibility index (Phi) is 3.01. The number of hydrogen-bond acceptors (Lipinski definition) is 2. The van der Waals surface area contributed by atoms with Gasteiger partial charge < -0.3 is 0 Å². The third-order valence-electron chi connectivity index (χ3n) is 3.02. The lowest BCUT2D eigenvalue weighted by Crippen LogP contribution is -2.24. The second-order valence-corrected chi connectivity index (χ2v) is 4.98. The van der Waals surface area contributed by atoms with Gasteiger partial charge >= 0.3 is 5.69 Å². The minimum absolute atomic E-state index is 0.126. The highest BCUT2D eigenvalue weighted by Crippen LogP contribution is 2.21. The first-order chi connectivity index (χ1) is 8.00. The molecule has 90 valence electrons. The van der Waals surface area contributed by atoms with Crippen LogP contribution in [0.25, 0.3) is 10.9 Å². The van der Waals surface area contributed by atoms with Crippen LogP contribution in [0, 0.1) is 0 Å². The van der Waals surface area contributed by atoms with E-state index < -0.39 is 0 Å². The molecule has 0 radical (unpaired) electrons. The molecule has 0 aliphatic rings. The van der Waals surface area contributed by atoms with Gasteiger partial charge in [0.25, 0.3) is 0 Å². The molecular formula is C14H18N2O. The van der Waals surface area contributed by atoms with Gasteiger partial charge in [-0.2, -0.15) is 0 Å². The Morgan fingerprint density at radius 3 is 2.47 bits per heavy atom. The number of aromatic nitrogens is 2. The molecule has 1 aromatic carbocycles. The molecule has 17 heavy (non-hydrogen) atoms. The molecule has 0 atom stereocenters. The van der Waals surface area contributed by atoms with Gasteiger partial charge in [0.1, 0.15) is 0 Å². The van der Waals surface area contributed by atoms with Crippen molar-refractivity contribution in [3.63, 3.8) is 0 Å². The minimum Gasteiger partial charge on any atom is -0.289 e. The van der Waals surface area contributed by atoms with Gasteiger partial charge in [-0.3, -0.25) is 4.57 Å². The molecule has 0 fully saturated rings. The van der Waals surface area contributed by atoms with E-state index in [-0.39, 0.29) is 11.7 Å². The predicted molar refractivity (Wildman–Crippen MR) is 70.5 cm³/mol. The summed E-state index contributed by atoms with van der Waals surface area (Å²) in [6.07, 6.45) is 1.65. The molecule has 0 aliphatic heterocycles. The van der Waals surface area contributed by atoms with E-state index in [1.54, 1.807) is 10.8 Å². The smallest absolute Gasteiger partial charge is 0.289 e. The summed E-state index contributed by atoms with van der Waals surface area (Å²) in [7, 11) is 0. The normalized spacial score (nSPS) is 11.6. The minimum atomic E-state index is -0.173. The standard InChI is InChI=1S/C14H18N2O/c1-9(2)11-5-6-12-8-15-14(17)16(10(3)4)13(12)7-11/h5-10H,1-4H3. The van der Waals surface area contributed by atoms with E-state index in [0.29, 0.717) is 5.92 Å². The molecule has 0 amide bonds. The third-order valence-corrected chi connectivity index (χ3v) is 3.02. The fraction of sp³-hybridized carbons (Fsp3) is 0.429. The van der Waals surface area contributed by atoms with Crippen LogP contribution < -0.4 is 5.69 Å². The Morgan fingerprint density at radius 1 is 1.18 bits per heavy atom. The molecule has 0 spiro atoms. The van der Waals surface area contributed by atoms with Crippen LogP contribution in [-0.4, -0.2) is 9.55 Å². The van der Waals surface area contributed by atoms with Crippen molar-refractivity contribution in [1.82, 2.24) is 9.55 Å². The summed E-state index contributed by atoms with van der Waals surface area (Å²) in [5.41, 5.74) is 2.05. The quantitative estimate of drug-likeness (QED) is 0.794. The Hall–Kier alpha value is -1.64. The first-order valence-corrected chi connectivity index (χ1v) is 6.02. The maximum absolute atomic E-state index is 11.8. The molecule has 0 aliphatic carbocycles. The number of nitrogens with zero attached hydrogens (tertiary/aromatic N) is 2. The van der Waals surface area contributed by atoms with Crippen LogP contribution in [0.2, 0.25) is 0 Å². The molecule has 0 N–H and O–H groups in total. The Morgan fingerprint density at radius 2 is 1.88 bits per heavy atom. The molecule has 0 saturated carbocycles. The second-order valence-electron chi connectivity index (χ2n) is 4.98. The van der Waals surface area contributed by atoms with Crippen molar-refractivity contribution in [3.8, 4) is 0 Å². The molecule has 0 unspecified atom stereocenters. The molecule has 1 heterocycles. The van der Waals surface area contributed by atoms with Gasteiger partial charge in [-0.1, -0.05) is 26.0 Å². The van der Waals surface area contributed by atoms with Crippen molar-refractivity contribution < 1.29 is 0 Å². The van der Waals surface area contributed by atoms with Gasteiger partial charge in [-0.25, -0.2) is 9.78 Å². The SMILES string of the molecule is CC(C)c1ccc2cnc(=O)n(C(C)C)c2c1. The molecule has 2 aromatic rings. The van der Waals surface area contributed by atoms with Crippen molar-refractivity contribution in [3.05, 3.63) is 40.4 Å². The molecule has 2 rings (SSSR count). The molecule has 0 saturated heterocycles.